The summed E-state index contributed by atoms with van der Waals surface area (Å²) in [6.07, 6.45) is 2.26. The number of hydrogen-bond donors (Lipinski definition) is 3. The quantitative estimate of drug-likeness (QED) is 0.494. The molecule has 0 saturated carbocycles. The Morgan fingerprint density at radius 3 is 2.47 bits per heavy atom. The molecule has 0 rings (SSSR count). The Morgan fingerprint density at radius 2 is 2.00 bits per heavy atom. The molecule has 110 valence electrons. The normalized spacial score (nSPS) is 13.4. The second kappa shape index (κ2) is 9.62. The highest BCUT2D eigenvalue weighted by atomic mass is 32.2. The average molecular weight is 292 g/mol. The van der Waals surface area contributed by atoms with Gasteiger partial charge < -0.3 is 20.9 Å². The molecule has 0 saturated heterocycles. The molecule has 2 atom stereocenters. The molecule has 0 heterocycles. The van der Waals surface area contributed by atoms with E-state index in [1.165, 1.54) is 7.11 Å². The van der Waals surface area contributed by atoms with Crippen LogP contribution in [0.4, 0.5) is 0 Å². The molecule has 0 aliphatic heterocycles. The van der Waals surface area contributed by atoms with E-state index in [1.54, 1.807) is 11.8 Å². The van der Waals surface area contributed by atoms with Gasteiger partial charge in [-0.2, -0.15) is 11.8 Å². The first-order valence-corrected chi connectivity index (χ1v) is 7.16. The second-order valence-corrected chi connectivity index (χ2v) is 4.89. The topological polar surface area (TPSA) is 119 Å². The Bertz CT molecular complexity index is 324. The highest BCUT2D eigenvalue weighted by Gasteiger charge is 2.23. The molecule has 0 spiro atoms. The lowest BCUT2D eigenvalue weighted by Gasteiger charge is -2.17. The number of nitrogens with one attached hydrogen (secondary N) is 1. The smallest absolute Gasteiger partial charge is 0.326 e. The van der Waals surface area contributed by atoms with Crippen LogP contribution in [0.25, 0.3) is 0 Å². The largest absolute Gasteiger partial charge is 0.480 e. The number of carboxylic acids is 1. The maximum absolute atomic E-state index is 11.7. The molecule has 1 unspecified atom stereocenters. The first-order chi connectivity index (χ1) is 8.92. The van der Waals surface area contributed by atoms with Gasteiger partial charge in [0.25, 0.3) is 0 Å². The number of ether oxygens (including phenoxy) is 1. The molecule has 4 N–H and O–H groups in total. The summed E-state index contributed by atoms with van der Waals surface area (Å²) < 4.78 is 4.41. The van der Waals surface area contributed by atoms with Gasteiger partial charge in [0.2, 0.25) is 5.91 Å². The molecule has 0 aromatic heterocycles. The van der Waals surface area contributed by atoms with Gasteiger partial charge in [0.15, 0.2) is 0 Å². The van der Waals surface area contributed by atoms with Crippen LogP contribution in [0, 0.1) is 0 Å². The Morgan fingerprint density at radius 1 is 1.37 bits per heavy atom. The molecule has 0 aliphatic rings. The minimum Gasteiger partial charge on any atom is -0.480 e. The number of nitrogens with two attached hydrogens (primary N) is 1. The molecule has 0 aromatic rings. The predicted molar refractivity (Wildman–Crippen MR) is 71.8 cm³/mol. The van der Waals surface area contributed by atoms with Crippen molar-refractivity contribution in [2.45, 2.75) is 31.3 Å². The number of thioether (sulfide) groups is 1. The van der Waals surface area contributed by atoms with Crippen LogP contribution in [0.1, 0.15) is 19.3 Å². The van der Waals surface area contributed by atoms with Gasteiger partial charge in [-0.05, 0) is 24.9 Å². The Kier molecular flexibility index (Phi) is 8.98. The third kappa shape index (κ3) is 7.68. The highest BCUT2D eigenvalue weighted by molar-refractivity contribution is 7.98. The van der Waals surface area contributed by atoms with Crippen LogP contribution in [0.3, 0.4) is 0 Å². The van der Waals surface area contributed by atoms with Crippen LogP contribution in [0.2, 0.25) is 0 Å². The number of esters is 1. The average Bonchev–Trinajstić information content (AvgIpc) is 2.39. The summed E-state index contributed by atoms with van der Waals surface area (Å²) in [6.45, 7) is 0. The fraction of sp³-hybridized carbons (Fsp3) is 0.727. The Labute approximate surface area is 116 Å². The first-order valence-electron chi connectivity index (χ1n) is 5.76. The highest BCUT2D eigenvalue weighted by Crippen LogP contribution is 2.02. The maximum Gasteiger partial charge on any atom is 0.326 e. The lowest BCUT2D eigenvalue weighted by atomic mass is 10.1. The number of carboxylic acid groups (broad SMARTS) is 1. The van der Waals surface area contributed by atoms with Crippen molar-refractivity contribution in [1.29, 1.82) is 0 Å². The molecule has 19 heavy (non-hydrogen) atoms. The van der Waals surface area contributed by atoms with Crippen molar-refractivity contribution in [2.24, 2.45) is 5.73 Å². The van der Waals surface area contributed by atoms with Gasteiger partial charge in [-0.1, -0.05) is 0 Å². The summed E-state index contributed by atoms with van der Waals surface area (Å²) in [5.41, 5.74) is 5.62. The van der Waals surface area contributed by atoms with Gasteiger partial charge in [-0.3, -0.25) is 9.59 Å². The van der Waals surface area contributed by atoms with E-state index in [0.29, 0.717) is 12.2 Å². The van der Waals surface area contributed by atoms with Crippen molar-refractivity contribution in [3.8, 4) is 0 Å². The SMILES string of the molecule is COC(=O)CCC(NC(=O)[C@@H](N)CCSC)C(=O)O. The first kappa shape index (κ1) is 17.7. The lowest BCUT2D eigenvalue weighted by Crippen LogP contribution is -2.48. The number of aliphatic carboxylic acids is 1. The van der Waals surface area contributed by atoms with Crippen molar-refractivity contribution < 1.29 is 24.2 Å². The predicted octanol–water partition coefficient (Wildman–Crippen LogP) is -0.411. The number of rotatable bonds is 9. The van der Waals surface area contributed by atoms with Crippen LogP contribution < -0.4 is 11.1 Å². The summed E-state index contributed by atoms with van der Waals surface area (Å²) in [4.78, 5) is 33.6. The number of carbonyl (C=O) groups excluding carboxylic acids is 2. The van der Waals surface area contributed by atoms with Gasteiger partial charge in [0.05, 0.1) is 13.2 Å². The Balaban J connectivity index is 4.29. The summed E-state index contributed by atoms with van der Waals surface area (Å²) in [5.74, 6) is -1.53. The lowest BCUT2D eigenvalue weighted by molar-refractivity contribution is -0.144. The van der Waals surface area contributed by atoms with Gasteiger partial charge in [-0.25, -0.2) is 4.79 Å². The molecule has 0 aliphatic carbocycles. The third-order valence-electron chi connectivity index (χ3n) is 2.45. The fourth-order valence-electron chi connectivity index (χ4n) is 1.28. The monoisotopic (exact) mass is 292 g/mol. The number of methoxy groups -OCH3 is 1. The summed E-state index contributed by atoms with van der Waals surface area (Å²) >= 11 is 1.55. The molecule has 7 nitrogen and oxygen atoms in total. The molecule has 0 aromatic carbocycles. The molecular formula is C11H20N2O5S. The zero-order valence-electron chi connectivity index (χ0n) is 11.0. The van der Waals surface area contributed by atoms with Crippen molar-refractivity contribution in [3.63, 3.8) is 0 Å². The fourth-order valence-corrected chi connectivity index (χ4v) is 1.77. The molecule has 0 bridgehead atoms. The molecule has 0 fully saturated rings. The van der Waals surface area contributed by atoms with Gasteiger partial charge in [0.1, 0.15) is 6.04 Å². The van der Waals surface area contributed by atoms with E-state index in [2.05, 4.69) is 10.1 Å². The van der Waals surface area contributed by atoms with Crippen LogP contribution in [0.15, 0.2) is 0 Å². The van der Waals surface area contributed by atoms with Crippen molar-refractivity contribution in [1.82, 2.24) is 5.32 Å². The van der Waals surface area contributed by atoms with E-state index >= 15 is 0 Å². The van der Waals surface area contributed by atoms with Crippen LogP contribution in [-0.2, 0) is 19.1 Å². The summed E-state index contributed by atoms with van der Waals surface area (Å²) in [7, 11) is 1.22. The van der Waals surface area contributed by atoms with E-state index in [4.69, 9.17) is 10.8 Å². The third-order valence-corrected chi connectivity index (χ3v) is 3.09. The minimum atomic E-state index is -1.20. The van der Waals surface area contributed by atoms with E-state index in [-0.39, 0.29) is 12.8 Å². The number of amides is 1. The van der Waals surface area contributed by atoms with Gasteiger partial charge >= 0.3 is 11.9 Å². The van der Waals surface area contributed by atoms with E-state index in [0.717, 1.165) is 0 Å². The van der Waals surface area contributed by atoms with Crippen LogP contribution in [-0.4, -0.2) is 54.2 Å². The number of carbonyl (C=O) groups is 3. The number of hydrogen-bond acceptors (Lipinski definition) is 6. The van der Waals surface area contributed by atoms with Gasteiger partial charge in [0, 0.05) is 6.42 Å². The zero-order valence-corrected chi connectivity index (χ0v) is 11.9. The van der Waals surface area contributed by atoms with Crippen molar-refractivity contribution >= 4 is 29.6 Å². The minimum absolute atomic E-state index is 0.0248. The Hall–Kier alpha value is -1.28. The van der Waals surface area contributed by atoms with E-state index in [9.17, 15) is 14.4 Å². The molecule has 1 amide bonds. The maximum atomic E-state index is 11.7. The zero-order chi connectivity index (χ0) is 14.8. The van der Waals surface area contributed by atoms with E-state index < -0.39 is 29.9 Å². The summed E-state index contributed by atoms with van der Waals surface area (Å²) in [6, 6.07) is -1.88. The molecule has 0 radical (unpaired) electrons. The summed E-state index contributed by atoms with van der Waals surface area (Å²) in [5, 5.41) is 11.3. The molecular weight excluding hydrogens is 272 g/mol. The van der Waals surface area contributed by atoms with Crippen LogP contribution in [0.5, 0.6) is 0 Å². The van der Waals surface area contributed by atoms with Crippen molar-refractivity contribution in [2.75, 3.05) is 19.1 Å². The second-order valence-electron chi connectivity index (χ2n) is 3.90. The standard InChI is InChI=1S/C11H20N2O5S/c1-18-9(14)4-3-8(11(16)17)13-10(15)7(12)5-6-19-2/h7-8H,3-6,12H2,1-2H3,(H,13,15)(H,16,17)/t7-,8?/m0/s1. The van der Waals surface area contributed by atoms with Crippen LogP contribution >= 0.6 is 11.8 Å². The van der Waals surface area contributed by atoms with Crippen molar-refractivity contribution in [3.05, 3.63) is 0 Å². The molecule has 8 heteroatoms. The van der Waals surface area contributed by atoms with Gasteiger partial charge in [-0.15, -0.1) is 0 Å². The van der Waals surface area contributed by atoms with E-state index in [1.807, 2.05) is 6.26 Å².